The molecule has 0 bridgehead atoms. The lowest BCUT2D eigenvalue weighted by atomic mass is 9.87. The summed E-state index contributed by atoms with van der Waals surface area (Å²) in [7, 11) is 0. The molecular weight excluding hydrogens is 268 g/mol. The van der Waals surface area contributed by atoms with Crippen molar-refractivity contribution in [1.82, 2.24) is 14.9 Å². The molecule has 20 heavy (non-hydrogen) atoms. The summed E-state index contributed by atoms with van der Waals surface area (Å²) >= 11 is 1.52. The van der Waals surface area contributed by atoms with Crippen molar-refractivity contribution in [1.29, 1.82) is 0 Å². The highest BCUT2D eigenvalue weighted by Crippen LogP contribution is 2.26. The molecule has 0 aliphatic carbocycles. The van der Waals surface area contributed by atoms with Gasteiger partial charge in [-0.3, -0.25) is 0 Å². The predicted molar refractivity (Wildman–Crippen MR) is 85.2 cm³/mol. The van der Waals surface area contributed by atoms with Gasteiger partial charge in [-0.15, -0.1) is 16.8 Å². The van der Waals surface area contributed by atoms with E-state index in [1.165, 1.54) is 22.0 Å². The zero-order valence-corrected chi connectivity index (χ0v) is 12.9. The molecule has 1 aromatic carbocycles. The Bertz CT molecular complexity index is 593. The summed E-state index contributed by atoms with van der Waals surface area (Å²) < 4.78 is 1.53. The van der Waals surface area contributed by atoms with Gasteiger partial charge in [-0.1, -0.05) is 62.9 Å². The van der Waals surface area contributed by atoms with E-state index < -0.39 is 0 Å². The van der Waals surface area contributed by atoms with Crippen LogP contribution in [-0.2, 0) is 5.41 Å². The highest BCUT2D eigenvalue weighted by Gasteiger charge is 2.15. The van der Waals surface area contributed by atoms with Gasteiger partial charge in [0, 0.05) is 11.3 Å². The summed E-state index contributed by atoms with van der Waals surface area (Å²) in [4.78, 5) is 0. The molecule has 0 atom stereocenters. The van der Waals surface area contributed by atoms with Crippen LogP contribution in [0.5, 0.6) is 0 Å². The third-order valence-corrected chi connectivity index (χ3v) is 3.94. The Kier molecular flexibility index (Phi) is 4.18. The summed E-state index contributed by atoms with van der Waals surface area (Å²) in [5.41, 5.74) is 2.39. The fourth-order valence-corrected chi connectivity index (χ4v) is 2.42. The summed E-state index contributed by atoms with van der Waals surface area (Å²) in [6.45, 7) is 10.3. The van der Waals surface area contributed by atoms with E-state index in [9.17, 15) is 0 Å². The molecule has 0 saturated heterocycles. The SMILES string of the molecule is C=CCSc1nnc(-c2ccc(C(C)(C)C)cc2)n1N. The minimum atomic E-state index is 0.139. The molecule has 4 nitrogen and oxygen atoms in total. The number of aromatic nitrogens is 3. The molecule has 0 radical (unpaired) electrons. The first kappa shape index (κ1) is 14.7. The van der Waals surface area contributed by atoms with Gasteiger partial charge in [-0.05, 0) is 11.0 Å². The van der Waals surface area contributed by atoms with Gasteiger partial charge in [0.15, 0.2) is 5.82 Å². The molecule has 0 saturated carbocycles. The van der Waals surface area contributed by atoms with Crippen molar-refractivity contribution in [2.75, 3.05) is 11.6 Å². The van der Waals surface area contributed by atoms with E-state index in [4.69, 9.17) is 5.84 Å². The largest absolute Gasteiger partial charge is 0.335 e. The first-order valence-corrected chi connectivity index (χ1v) is 7.47. The lowest BCUT2D eigenvalue weighted by Gasteiger charge is -2.19. The van der Waals surface area contributed by atoms with Crippen molar-refractivity contribution in [2.45, 2.75) is 31.3 Å². The maximum atomic E-state index is 6.04. The molecule has 1 heterocycles. The van der Waals surface area contributed by atoms with Crippen LogP contribution in [0.15, 0.2) is 42.1 Å². The number of hydrogen-bond donors (Lipinski definition) is 1. The van der Waals surface area contributed by atoms with Crippen molar-refractivity contribution in [3.63, 3.8) is 0 Å². The highest BCUT2D eigenvalue weighted by molar-refractivity contribution is 7.99. The number of nitrogens with zero attached hydrogens (tertiary/aromatic N) is 3. The zero-order valence-electron chi connectivity index (χ0n) is 12.1. The number of rotatable bonds is 4. The minimum absolute atomic E-state index is 0.139. The lowest BCUT2D eigenvalue weighted by molar-refractivity contribution is 0.590. The molecule has 106 valence electrons. The second-order valence-electron chi connectivity index (χ2n) is 5.60. The van der Waals surface area contributed by atoms with Gasteiger partial charge in [0.05, 0.1) is 0 Å². The van der Waals surface area contributed by atoms with Crippen LogP contribution in [0.3, 0.4) is 0 Å². The van der Waals surface area contributed by atoms with Crippen LogP contribution in [0, 0.1) is 0 Å². The highest BCUT2D eigenvalue weighted by atomic mass is 32.2. The first-order valence-electron chi connectivity index (χ1n) is 6.48. The molecule has 0 aliphatic heterocycles. The van der Waals surface area contributed by atoms with Gasteiger partial charge in [0.2, 0.25) is 5.16 Å². The molecule has 0 spiro atoms. The fraction of sp³-hybridized carbons (Fsp3) is 0.333. The summed E-state index contributed by atoms with van der Waals surface area (Å²) in [6.07, 6.45) is 1.82. The maximum absolute atomic E-state index is 6.04. The van der Waals surface area contributed by atoms with Crippen molar-refractivity contribution in [3.8, 4) is 11.4 Å². The van der Waals surface area contributed by atoms with Crippen LogP contribution in [0.4, 0.5) is 0 Å². The van der Waals surface area contributed by atoms with Crippen molar-refractivity contribution in [3.05, 3.63) is 42.5 Å². The quantitative estimate of drug-likeness (QED) is 0.533. The van der Waals surface area contributed by atoms with Gasteiger partial charge in [-0.2, -0.15) is 0 Å². The molecule has 0 unspecified atom stereocenters. The summed E-state index contributed by atoms with van der Waals surface area (Å²) in [6, 6.07) is 8.30. The normalized spacial score (nSPS) is 11.6. The molecule has 2 N–H and O–H groups in total. The van der Waals surface area contributed by atoms with E-state index in [2.05, 4.69) is 49.7 Å². The lowest BCUT2D eigenvalue weighted by Crippen LogP contribution is -2.12. The predicted octanol–water partition coefficient (Wildman–Crippen LogP) is 3.23. The molecule has 0 aliphatic rings. The number of nitrogens with two attached hydrogens (primary N) is 1. The van der Waals surface area contributed by atoms with E-state index in [-0.39, 0.29) is 5.41 Å². The van der Waals surface area contributed by atoms with Crippen LogP contribution < -0.4 is 5.84 Å². The summed E-state index contributed by atoms with van der Waals surface area (Å²) in [5, 5.41) is 8.96. The third-order valence-electron chi connectivity index (χ3n) is 3.00. The smallest absolute Gasteiger partial charge is 0.210 e. The maximum Gasteiger partial charge on any atom is 0.210 e. The van der Waals surface area contributed by atoms with Crippen molar-refractivity contribution >= 4 is 11.8 Å². The monoisotopic (exact) mass is 288 g/mol. The van der Waals surface area contributed by atoms with E-state index >= 15 is 0 Å². The van der Waals surface area contributed by atoms with Crippen LogP contribution in [0.1, 0.15) is 26.3 Å². The standard InChI is InChI=1S/C15H20N4S/c1-5-10-20-14-18-17-13(19(14)16)11-6-8-12(9-7-11)15(2,3)4/h5-9H,1,10,16H2,2-4H3. The Hall–Kier alpha value is -1.75. The third kappa shape index (κ3) is 3.04. The van der Waals surface area contributed by atoms with Gasteiger partial charge in [0.1, 0.15) is 0 Å². The van der Waals surface area contributed by atoms with E-state index in [1.807, 2.05) is 18.2 Å². The molecule has 1 aromatic heterocycles. The zero-order chi connectivity index (χ0) is 14.8. The number of thioether (sulfide) groups is 1. The Morgan fingerprint density at radius 1 is 1.25 bits per heavy atom. The Balaban J connectivity index is 2.28. The Morgan fingerprint density at radius 3 is 2.45 bits per heavy atom. The van der Waals surface area contributed by atoms with Gasteiger partial charge in [0.25, 0.3) is 0 Å². The van der Waals surface area contributed by atoms with E-state index in [0.717, 1.165) is 11.3 Å². The fourth-order valence-electron chi connectivity index (χ4n) is 1.83. The van der Waals surface area contributed by atoms with Crippen LogP contribution in [0.2, 0.25) is 0 Å². The minimum Gasteiger partial charge on any atom is -0.335 e. The average molecular weight is 288 g/mol. The topological polar surface area (TPSA) is 56.7 Å². The molecule has 5 heteroatoms. The van der Waals surface area contributed by atoms with Crippen LogP contribution >= 0.6 is 11.8 Å². The second kappa shape index (κ2) is 5.71. The molecular formula is C15H20N4S. The first-order chi connectivity index (χ1) is 9.43. The van der Waals surface area contributed by atoms with Crippen molar-refractivity contribution in [2.24, 2.45) is 0 Å². The van der Waals surface area contributed by atoms with Gasteiger partial charge < -0.3 is 5.84 Å². The van der Waals surface area contributed by atoms with E-state index in [1.54, 1.807) is 0 Å². The Morgan fingerprint density at radius 2 is 1.90 bits per heavy atom. The number of benzene rings is 1. The van der Waals surface area contributed by atoms with Gasteiger partial charge in [-0.25, -0.2) is 4.68 Å². The van der Waals surface area contributed by atoms with Crippen LogP contribution in [0.25, 0.3) is 11.4 Å². The Labute approximate surface area is 124 Å². The van der Waals surface area contributed by atoms with Crippen molar-refractivity contribution < 1.29 is 0 Å². The number of nitrogen functional groups attached to an aromatic ring is 1. The van der Waals surface area contributed by atoms with Gasteiger partial charge >= 0.3 is 0 Å². The average Bonchev–Trinajstić information content (AvgIpc) is 2.77. The number of hydrogen-bond acceptors (Lipinski definition) is 4. The second-order valence-corrected chi connectivity index (χ2v) is 6.59. The summed E-state index contributed by atoms with van der Waals surface area (Å²) in [5.74, 6) is 7.48. The molecule has 0 amide bonds. The molecule has 2 aromatic rings. The van der Waals surface area contributed by atoms with Crippen LogP contribution in [-0.4, -0.2) is 20.6 Å². The molecule has 0 fully saturated rings. The molecule has 2 rings (SSSR count). The van der Waals surface area contributed by atoms with E-state index in [0.29, 0.717) is 11.0 Å².